The first-order valence-electron chi connectivity index (χ1n) is 6.73. The number of aryl methyl sites for hydroxylation is 1. The zero-order valence-electron chi connectivity index (χ0n) is 11.6. The van der Waals surface area contributed by atoms with Crippen molar-refractivity contribution < 1.29 is 5.11 Å². The van der Waals surface area contributed by atoms with E-state index in [2.05, 4.69) is 40.7 Å². The third-order valence-corrected chi connectivity index (χ3v) is 5.16. The molecule has 2 rings (SSSR count). The topological polar surface area (TPSA) is 20.2 Å². The number of hydrogen-bond acceptors (Lipinski definition) is 1. The number of phenolic OH excluding ortho intramolecular Hbond substituents is 1. The molecule has 0 heterocycles. The standard InChI is InChI=1S/C16H24O/c1-9-6-7-15(17)14(8-9)16-12(4)10(2)11(3)13(16)5/h6-8,10-13,16-17H,1-5H3/t10?,11?,12-,13?,16?/m1/s1. The molecule has 0 aromatic heterocycles. The van der Waals surface area contributed by atoms with Crippen molar-refractivity contribution in [1.82, 2.24) is 0 Å². The molecule has 1 nitrogen and oxygen atoms in total. The fourth-order valence-corrected chi connectivity index (χ4v) is 3.60. The predicted octanol–water partition coefficient (Wildman–Crippen LogP) is 4.34. The van der Waals surface area contributed by atoms with Crippen molar-refractivity contribution in [2.75, 3.05) is 0 Å². The molecule has 1 saturated carbocycles. The summed E-state index contributed by atoms with van der Waals surface area (Å²) in [4.78, 5) is 0. The Kier molecular flexibility index (Phi) is 3.20. The zero-order valence-corrected chi connectivity index (χ0v) is 11.6. The third kappa shape index (κ3) is 1.96. The summed E-state index contributed by atoms with van der Waals surface area (Å²) >= 11 is 0. The minimum Gasteiger partial charge on any atom is -0.508 e. The van der Waals surface area contributed by atoms with Crippen molar-refractivity contribution in [2.24, 2.45) is 23.7 Å². The first kappa shape index (κ1) is 12.5. The lowest BCUT2D eigenvalue weighted by atomic mass is 9.82. The van der Waals surface area contributed by atoms with Gasteiger partial charge in [0.25, 0.3) is 0 Å². The van der Waals surface area contributed by atoms with Crippen molar-refractivity contribution in [2.45, 2.75) is 40.5 Å². The van der Waals surface area contributed by atoms with Crippen LogP contribution in [0.15, 0.2) is 18.2 Å². The van der Waals surface area contributed by atoms with Gasteiger partial charge in [-0.15, -0.1) is 0 Å². The maximum atomic E-state index is 10.1. The molecule has 1 aromatic rings. The number of hydrogen-bond donors (Lipinski definition) is 1. The summed E-state index contributed by atoms with van der Waals surface area (Å²) in [5.74, 6) is 3.73. The highest BCUT2D eigenvalue weighted by molar-refractivity contribution is 5.39. The van der Waals surface area contributed by atoms with E-state index in [1.54, 1.807) is 0 Å². The fourth-order valence-electron chi connectivity index (χ4n) is 3.60. The second-order valence-corrected chi connectivity index (χ2v) is 6.02. The SMILES string of the molecule is Cc1ccc(O)c(C2C(C)C(C)C(C)[C@H]2C)c1. The fraction of sp³-hybridized carbons (Fsp3) is 0.625. The van der Waals surface area contributed by atoms with Gasteiger partial charge in [-0.3, -0.25) is 0 Å². The Labute approximate surface area is 105 Å². The van der Waals surface area contributed by atoms with E-state index >= 15 is 0 Å². The normalized spacial score (nSPS) is 37.4. The molecule has 0 aliphatic heterocycles. The third-order valence-electron chi connectivity index (χ3n) is 5.16. The summed E-state index contributed by atoms with van der Waals surface area (Å²) in [6.45, 7) is 11.5. The highest BCUT2D eigenvalue weighted by Crippen LogP contribution is 2.52. The van der Waals surface area contributed by atoms with Gasteiger partial charge in [-0.1, -0.05) is 45.4 Å². The molecule has 1 aliphatic rings. The number of phenols is 1. The van der Waals surface area contributed by atoms with E-state index in [-0.39, 0.29) is 0 Å². The molecule has 0 spiro atoms. The Hall–Kier alpha value is -0.980. The minimum atomic E-state index is 0.473. The van der Waals surface area contributed by atoms with Crippen molar-refractivity contribution in [3.05, 3.63) is 29.3 Å². The second kappa shape index (κ2) is 4.36. The summed E-state index contributed by atoms with van der Waals surface area (Å²) < 4.78 is 0. The van der Waals surface area contributed by atoms with Gasteiger partial charge in [-0.25, -0.2) is 0 Å². The molecule has 1 aromatic carbocycles. The van der Waals surface area contributed by atoms with Gasteiger partial charge < -0.3 is 5.11 Å². The van der Waals surface area contributed by atoms with Crippen LogP contribution in [0.3, 0.4) is 0 Å². The summed E-state index contributed by atoms with van der Waals surface area (Å²) in [5.41, 5.74) is 2.39. The molecule has 0 saturated heterocycles. The summed E-state index contributed by atoms with van der Waals surface area (Å²) in [5, 5.41) is 10.1. The van der Waals surface area contributed by atoms with Crippen molar-refractivity contribution in [1.29, 1.82) is 0 Å². The van der Waals surface area contributed by atoms with Crippen LogP contribution >= 0.6 is 0 Å². The van der Waals surface area contributed by atoms with Crippen LogP contribution in [0.25, 0.3) is 0 Å². The smallest absolute Gasteiger partial charge is 0.119 e. The monoisotopic (exact) mass is 232 g/mol. The molecule has 1 aliphatic carbocycles. The van der Waals surface area contributed by atoms with E-state index in [4.69, 9.17) is 0 Å². The second-order valence-electron chi connectivity index (χ2n) is 6.02. The van der Waals surface area contributed by atoms with Gasteiger partial charge in [-0.2, -0.15) is 0 Å². The number of benzene rings is 1. The average molecular weight is 232 g/mol. The Morgan fingerprint density at radius 1 is 0.882 bits per heavy atom. The van der Waals surface area contributed by atoms with E-state index in [0.29, 0.717) is 23.5 Å². The van der Waals surface area contributed by atoms with Gasteiger partial charge in [0, 0.05) is 0 Å². The Bertz CT molecular complexity index is 396. The molecule has 17 heavy (non-hydrogen) atoms. The molecule has 0 bridgehead atoms. The predicted molar refractivity (Wildman–Crippen MR) is 72.2 cm³/mol. The maximum Gasteiger partial charge on any atom is 0.119 e. The Morgan fingerprint density at radius 2 is 1.41 bits per heavy atom. The lowest BCUT2D eigenvalue weighted by Crippen LogP contribution is -2.11. The van der Waals surface area contributed by atoms with Gasteiger partial charge in [0.1, 0.15) is 5.75 Å². The van der Waals surface area contributed by atoms with Crippen LogP contribution < -0.4 is 0 Å². The maximum absolute atomic E-state index is 10.1. The van der Waals surface area contributed by atoms with Crippen LogP contribution in [-0.4, -0.2) is 5.11 Å². The Balaban J connectivity index is 2.43. The molecule has 1 fully saturated rings. The van der Waals surface area contributed by atoms with Crippen LogP contribution in [0, 0.1) is 30.6 Å². The van der Waals surface area contributed by atoms with Gasteiger partial charge in [0.05, 0.1) is 0 Å². The molecular weight excluding hydrogens is 208 g/mol. The van der Waals surface area contributed by atoms with Crippen LogP contribution in [0.5, 0.6) is 5.75 Å². The van der Waals surface area contributed by atoms with Crippen LogP contribution in [0.4, 0.5) is 0 Å². The van der Waals surface area contributed by atoms with Crippen LogP contribution in [0.1, 0.15) is 44.7 Å². The van der Waals surface area contributed by atoms with E-state index in [1.165, 1.54) is 5.56 Å². The van der Waals surface area contributed by atoms with Crippen molar-refractivity contribution in [3.8, 4) is 5.75 Å². The number of rotatable bonds is 1. The van der Waals surface area contributed by atoms with Gasteiger partial charge >= 0.3 is 0 Å². The lowest BCUT2D eigenvalue weighted by molar-refractivity contribution is 0.352. The highest BCUT2D eigenvalue weighted by Gasteiger charge is 2.42. The molecule has 1 N–H and O–H groups in total. The Morgan fingerprint density at radius 3 is 1.94 bits per heavy atom. The van der Waals surface area contributed by atoms with E-state index in [9.17, 15) is 5.11 Å². The molecule has 4 unspecified atom stereocenters. The summed E-state index contributed by atoms with van der Waals surface area (Å²) in [6, 6.07) is 5.99. The van der Waals surface area contributed by atoms with E-state index in [0.717, 1.165) is 17.4 Å². The van der Waals surface area contributed by atoms with Crippen LogP contribution in [-0.2, 0) is 0 Å². The van der Waals surface area contributed by atoms with E-state index < -0.39 is 0 Å². The quantitative estimate of drug-likeness (QED) is 0.763. The lowest BCUT2D eigenvalue weighted by Gasteiger charge is -2.23. The molecule has 94 valence electrons. The highest BCUT2D eigenvalue weighted by atomic mass is 16.3. The molecular formula is C16H24O. The summed E-state index contributed by atoms with van der Waals surface area (Å²) in [6.07, 6.45) is 0. The zero-order chi connectivity index (χ0) is 12.7. The van der Waals surface area contributed by atoms with Gasteiger partial charge in [0.15, 0.2) is 0 Å². The largest absolute Gasteiger partial charge is 0.508 e. The first-order chi connectivity index (χ1) is 7.93. The average Bonchev–Trinajstić information content (AvgIpc) is 2.48. The van der Waals surface area contributed by atoms with Crippen molar-refractivity contribution in [3.63, 3.8) is 0 Å². The van der Waals surface area contributed by atoms with Crippen molar-refractivity contribution >= 4 is 0 Å². The van der Waals surface area contributed by atoms with E-state index in [1.807, 2.05) is 12.1 Å². The van der Waals surface area contributed by atoms with Gasteiger partial charge in [0.2, 0.25) is 0 Å². The molecule has 0 radical (unpaired) electrons. The molecule has 5 atom stereocenters. The minimum absolute atomic E-state index is 0.473. The molecule has 0 amide bonds. The van der Waals surface area contributed by atoms with Crippen LogP contribution in [0.2, 0.25) is 0 Å². The summed E-state index contributed by atoms with van der Waals surface area (Å²) in [7, 11) is 0. The number of aromatic hydroxyl groups is 1. The first-order valence-corrected chi connectivity index (χ1v) is 6.73. The van der Waals surface area contributed by atoms with Gasteiger partial charge in [-0.05, 0) is 48.1 Å². The molecule has 1 heteroatoms.